The lowest BCUT2D eigenvalue weighted by Crippen LogP contribution is -2.03. The molecule has 106 valence electrons. The van der Waals surface area contributed by atoms with Gasteiger partial charge in [0.15, 0.2) is 11.6 Å². The number of carbonyl (C=O) groups excluding carboxylic acids is 1. The molecule has 9 heteroatoms. The van der Waals surface area contributed by atoms with Crippen molar-refractivity contribution in [3.63, 3.8) is 0 Å². The Morgan fingerprint density at radius 3 is 3.00 bits per heavy atom. The van der Waals surface area contributed by atoms with E-state index < -0.39 is 4.92 Å². The van der Waals surface area contributed by atoms with Crippen molar-refractivity contribution in [2.24, 2.45) is 0 Å². The summed E-state index contributed by atoms with van der Waals surface area (Å²) in [7, 11) is 0. The average Bonchev–Trinajstić information content (AvgIpc) is 3.12. The summed E-state index contributed by atoms with van der Waals surface area (Å²) in [6, 6.07) is 4.19. The van der Waals surface area contributed by atoms with Gasteiger partial charge in [0.2, 0.25) is 12.3 Å². The van der Waals surface area contributed by atoms with E-state index in [2.05, 4.69) is 20.2 Å². The smallest absolute Gasteiger partial charge is 0.271 e. The lowest BCUT2D eigenvalue weighted by Gasteiger charge is -1.93. The minimum Gasteiger partial charge on any atom is -0.428 e. The minimum atomic E-state index is -0.503. The molecule has 0 bridgehead atoms. The van der Waals surface area contributed by atoms with Crippen LogP contribution in [0.5, 0.6) is 0 Å². The molecule has 9 nitrogen and oxygen atoms in total. The summed E-state index contributed by atoms with van der Waals surface area (Å²) in [5, 5.41) is 17.9. The number of nitrogens with zero attached hydrogens (tertiary/aromatic N) is 4. The maximum atomic E-state index is 12.0. The molecular formula is C12H9N5O4. The van der Waals surface area contributed by atoms with Gasteiger partial charge >= 0.3 is 0 Å². The van der Waals surface area contributed by atoms with E-state index >= 15 is 0 Å². The molecule has 1 N–H and O–H groups in total. The quantitative estimate of drug-likeness (QED) is 0.429. The molecule has 0 fully saturated rings. The zero-order valence-electron chi connectivity index (χ0n) is 10.6. The first-order valence-corrected chi connectivity index (χ1v) is 6.06. The molecule has 0 aliphatic heterocycles. The molecule has 0 aliphatic carbocycles. The number of hydrogen-bond acceptors (Lipinski definition) is 7. The number of aromatic amines is 1. The van der Waals surface area contributed by atoms with Gasteiger partial charge in [-0.3, -0.25) is 14.9 Å². The molecule has 2 heterocycles. The summed E-state index contributed by atoms with van der Waals surface area (Å²) in [6.45, 7) is 0. The third-order valence-electron chi connectivity index (χ3n) is 2.91. The highest BCUT2D eigenvalue weighted by molar-refractivity contribution is 5.96. The molecule has 0 aliphatic rings. The van der Waals surface area contributed by atoms with Crippen LogP contribution in [0.3, 0.4) is 0 Å². The van der Waals surface area contributed by atoms with Gasteiger partial charge in [-0.2, -0.15) is 0 Å². The van der Waals surface area contributed by atoms with Gasteiger partial charge in [0, 0.05) is 25.0 Å². The predicted octanol–water partition coefficient (Wildman–Crippen LogP) is 1.67. The first kappa shape index (κ1) is 12.9. The Kier molecular flexibility index (Phi) is 3.14. The van der Waals surface area contributed by atoms with Crippen LogP contribution < -0.4 is 0 Å². The largest absolute Gasteiger partial charge is 0.428 e. The van der Waals surface area contributed by atoms with Crippen molar-refractivity contribution in [3.05, 3.63) is 46.4 Å². The Morgan fingerprint density at radius 1 is 1.43 bits per heavy atom. The number of carbonyl (C=O) groups is 1. The zero-order valence-corrected chi connectivity index (χ0v) is 10.6. The van der Waals surface area contributed by atoms with Crippen LogP contribution in [0.4, 0.5) is 5.69 Å². The molecule has 0 spiro atoms. The van der Waals surface area contributed by atoms with Crippen molar-refractivity contribution >= 4 is 22.5 Å². The number of hydrogen-bond donors (Lipinski definition) is 1. The zero-order chi connectivity index (χ0) is 14.8. The number of benzene rings is 1. The normalized spacial score (nSPS) is 10.9. The second-order valence-electron chi connectivity index (χ2n) is 4.30. The summed E-state index contributed by atoms with van der Waals surface area (Å²) in [5.41, 5.74) is 0.892. The van der Waals surface area contributed by atoms with Crippen LogP contribution in [0, 0.1) is 10.1 Å². The monoisotopic (exact) mass is 287 g/mol. The van der Waals surface area contributed by atoms with Gasteiger partial charge in [-0.25, -0.2) is 4.98 Å². The third kappa shape index (κ3) is 2.61. The molecule has 0 saturated carbocycles. The van der Waals surface area contributed by atoms with Gasteiger partial charge in [0.1, 0.15) is 0 Å². The van der Waals surface area contributed by atoms with Crippen LogP contribution in [0.2, 0.25) is 0 Å². The van der Waals surface area contributed by atoms with E-state index in [1.165, 1.54) is 24.6 Å². The van der Waals surface area contributed by atoms with Crippen LogP contribution >= 0.6 is 0 Å². The highest BCUT2D eigenvalue weighted by atomic mass is 16.6. The second kappa shape index (κ2) is 5.12. The van der Waals surface area contributed by atoms with E-state index in [0.717, 1.165) is 0 Å². The Hall–Kier alpha value is -3.10. The van der Waals surface area contributed by atoms with Gasteiger partial charge in [-0.1, -0.05) is 0 Å². The number of imidazole rings is 1. The number of fused-ring (bicyclic) bond motifs is 1. The van der Waals surface area contributed by atoms with Gasteiger partial charge in [-0.05, 0) is 6.07 Å². The maximum Gasteiger partial charge on any atom is 0.271 e. The fourth-order valence-electron chi connectivity index (χ4n) is 1.89. The number of H-pyrrole nitrogens is 1. The molecule has 0 unspecified atom stereocenters. The summed E-state index contributed by atoms with van der Waals surface area (Å²) in [6.07, 6.45) is 1.67. The SMILES string of the molecule is O=C(CCc1nnco1)c1nc2ccc([N+](=O)[O-])cc2[nH]1. The predicted molar refractivity (Wildman–Crippen MR) is 69.7 cm³/mol. The lowest BCUT2D eigenvalue weighted by molar-refractivity contribution is -0.384. The molecule has 2 aromatic heterocycles. The van der Waals surface area contributed by atoms with Gasteiger partial charge in [0.25, 0.3) is 5.69 Å². The molecule has 0 atom stereocenters. The van der Waals surface area contributed by atoms with Crippen LogP contribution in [0.1, 0.15) is 22.9 Å². The van der Waals surface area contributed by atoms with Crippen LogP contribution in [0.15, 0.2) is 29.0 Å². The molecule has 0 radical (unpaired) electrons. The number of ketones is 1. The van der Waals surface area contributed by atoms with Crippen LogP contribution in [-0.4, -0.2) is 30.9 Å². The fraction of sp³-hybridized carbons (Fsp3) is 0.167. The molecule has 3 rings (SSSR count). The van der Waals surface area contributed by atoms with E-state index in [9.17, 15) is 14.9 Å². The van der Waals surface area contributed by atoms with E-state index in [0.29, 0.717) is 23.3 Å². The van der Waals surface area contributed by atoms with Crippen molar-refractivity contribution in [2.75, 3.05) is 0 Å². The van der Waals surface area contributed by atoms with Crippen LogP contribution in [-0.2, 0) is 6.42 Å². The number of Topliss-reactive ketones (excluding diaryl/α,β-unsaturated/α-hetero) is 1. The lowest BCUT2D eigenvalue weighted by atomic mass is 10.2. The van der Waals surface area contributed by atoms with Crippen molar-refractivity contribution in [3.8, 4) is 0 Å². The second-order valence-corrected chi connectivity index (χ2v) is 4.30. The topological polar surface area (TPSA) is 128 Å². The Balaban J connectivity index is 1.80. The fourth-order valence-corrected chi connectivity index (χ4v) is 1.89. The highest BCUT2D eigenvalue weighted by Gasteiger charge is 2.15. The molecule has 0 amide bonds. The van der Waals surface area contributed by atoms with Crippen molar-refractivity contribution < 1.29 is 14.1 Å². The van der Waals surface area contributed by atoms with E-state index in [-0.39, 0.29) is 23.7 Å². The Labute approximate surface area is 117 Å². The van der Waals surface area contributed by atoms with E-state index in [1.54, 1.807) is 0 Å². The molecule has 21 heavy (non-hydrogen) atoms. The van der Waals surface area contributed by atoms with Gasteiger partial charge in [0.05, 0.1) is 16.0 Å². The number of aromatic nitrogens is 4. The summed E-state index contributed by atoms with van der Waals surface area (Å²) in [4.78, 5) is 29.1. The number of nitrogens with one attached hydrogen (secondary N) is 1. The number of rotatable bonds is 5. The van der Waals surface area contributed by atoms with Crippen molar-refractivity contribution in [1.29, 1.82) is 0 Å². The molecule has 3 aromatic rings. The highest BCUT2D eigenvalue weighted by Crippen LogP contribution is 2.19. The van der Waals surface area contributed by atoms with Crippen molar-refractivity contribution in [2.45, 2.75) is 12.8 Å². The standard InChI is InChI=1S/C12H9N5O4/c18-10(3-4-11-16-13-6-21-11)12-14-8-2-1-7(17(19)20)5-9(8)15-12/h1-2,5-6H,3-4H2,(H,14,15). The van der Waals surface area contributed by atoms with Gasteiger partial charge < -0.3 is 9.40 Å². The average molecular weight is 287 g/mol. The summed E-state index contributed by atoms with van der Waals surface area (Å²) < 4.78 is 4.94. The summed E-state index contributed by atoms with van der Waals surface area (Å²) >= 11 is 0. The number of non-ortho nitro benzene ring substituents is 1. The maximum absolute atomic E-state index is 12.0. The first-order valence-electron chi connectivity index (χ1n) is 6.06. The van der Waals surface area contributed by atoms with E-state index in [1.807, 2.05) is 0 Å². The Bertz CT molecular complexity index is 808. The van der Waals surface area contributed by atoms with Gasteiger partial charge in [-0.15, -0.1) is 10.2 Å². The van der Waals surface area contributed by atoms with E-state index in [4.69, 9.17) is 4.42 Å². The Morgan fingerprint density at radius 2 is 2.29 bits per heavy atom. The molecule has 1 aromatic carbocycles. The molecule has 0 saturated heterocycles. The minimum absolute atomic E-state index is 0.0593. The van der Waals surface area contributed by atoms with Crippen LogP contribution in [0.25, 0.3) is 11.0 Å². The molecular weight excluding hydrogens is 278 g/mol. The number of aryl methyl sites for hydroxylation is 1. The third-order valence-corrected chi connectivity index (χ3v) is 2.91. The first-order chi connectivity index (χ1) is 10.1. The van der Waals surface area contributed by atoms with Crippen molar-refractivity contribution in [1.82, 2.24) is 20.2 Å². The summed E-state index contributed by atoms with van der Waals surface area (Å²) in [5.74, 6) is 0.298. The number of nitro benzene ring substituents is 1. The number of nitro groups is 1.